The van der Waals surface area contributed by atoms with Crippen molar-refractivity contribution in [1.82, 2.24) is 0 Å². The standard InChI is InChI=1S/C8H14O2.C5H10O/c1-8(6-7(9)10)4-2-3-5-8;1-3-5(6)4-2/h2-6H2,1H3,(H,9,10);3-4H2,1-2H3. The fourth-order valence-electron chi connectivity index (χ4n) is 2.02. The van der Waals surface area contributed by atoms with Crippen LogP contribution in [0.3, 0.4) is 0 Å². The second kappa shape index (κ2) is 7.42. The molecule has 1 fully saturated rings. The Kier molecular flexibility index (Phi) is 7.02. The summed E-state index contributed by atoms with van der Waals surface area (Å²) in [5.74, 6) is -0.306. The van der Waals surface area contributed by atoms with Crippen LogP contribution in [0.5, 0.6) is 0 Å². The minimum Gasteiger partial charge on any atom is -0.481 e. The van der Waals surface area contributed by atoms with Gasteiger partial charge >= 0.3 is 5.97 Å². The lowest BCUT2D eigenvalue weighted by Crippen LogP contribution is -2.16. The number of rotatable bonds is 4. The molecule has 1 aliphatic carbocycles. The highest BCUT2D eigenvalue weighted by Crippen LogP contribution is 2.40. The van der Waals surface area contributed by atoms with Gasteiger partial charge in [-0.2, -0.15) is 0 Å². The van der Waals surface area contributed by atoms with E-state index < -0.39 is 5.97 Å². The average molecular weight is 228 g/mol. The van der Waals surface area contributed by atoms with E-state index in [4.69, 9.17) is 5.11 Å². The minimum atomic E-state index is -0.649. The summed E-state index contributed by atoms with van der Waals surface area (Å²) in [6.45, 7) is 5.84. The van der Waals surface area contributed by atoms with Crippen LogP contribution in [0, 0.1) is 5.41 Å². The van der Waals surface area contributed by atoms with Crippen molar-refractivity contribution >= 4 is 11.8 Å². The number of carbonyl (C=O) groups is 2. The van der Waals surface area contributed by atoms with Crippen LogP contribution in [0.15, 0.2) is 0 Å². The summed E-state index contributed by atoms with van der Waals surface area (Å²) in [4.78, 5) is 20.5. The molecule has 3 nitrogen and oxygen atoms in total. The Bertz CT molecular complexity index is 221. The zero-order valence-corrected chi connectivity index (χ0v) is 10.7. The first kappa shape index (κ1) is 15.1. The molecule has 1 N–H and O–H groups in total. The molecule has 0 atom stereocenters. The molecule has 0 radical (unpaired) electrons. The van der Waals surface area contributed by atoms with E-state index in [1.54, 1.807) is 0 Å². The van der Waals surface area contributed by atoms with Gasteiger partial charge < -0.3 is 5.11 Å². The molecule has 0 spiro atoms. The first-order valence-electron chi connectivity index (χ1n) is 6.17. The fourth-order valence-corrected chi connectivity index (χ4v) is 2.02. The average Bonchev–Trinajstić information content (AvgIpc) is 2.63. The highest BCUT2D eigenvalue weighted by atomic mass is 16.4. The summed E-state index contributed by atoms with van der Waals surface area (Å²) in [7, 11) is 0. The van der Waals surface area contributed by atoms with Crippen molar-refractivity contribution in [2.45, 2.75) is 65.7 Å². The zero-order chi connectivity index (χ0) is 12.6. The second-order valence-corrected chi connectivity index (χ2v) is 4.83. The quantitative estimate of drug-likeness (QED) is 0.802. The molecular weight excluding hydrogens is 204 g/mol. The normalized spacial score (nSPS) is 17.4. The highest BCUT2D eigenvalue weighted by Gasteiger charge is 2.30. The highest BCUT2D eigenvalue weighted by molar-refractivity contribution is 5.77. The van der Waals surface area contributed by atoms with Crippen molar-refractivity contribution in [3.63, 3.8) is 0 Å². The summed E-state index contributed by atoms with van der Waals surface area (Å²) >= 11 is 0. The summed E-state index contributed by atoms with van der Waals surface area (Å²) in [6.07, 6.45) is 6.35. The Hall–Kier alpha value is -0.860. The Morgan fingerprint density at radius 2 is 1.56 bits per heavy atom. The lowest BCUT2D eigenvalue weighted by Gasteiger charge is -2.19. The van der Waals surface area contributed by atoms with Gasteiger partial charge in [0, 0.05) is 12.8 Å². The van der Waals surface area contributed by atoms with Gasteiger partial charge in [0.25, 0.3) is 0 Å². The van der Waals surface area contributed by atoms with Crippen LogP contribution in [0.4, 0.5) is 0 Å². The van der Waals surface area contributed by atoms with Gasteiger partial charge in [0.15, 0.2) is 0 Å². The van der Waals surface area contributed by atoms with Crippen molar-refractivity contribution in [2.24, 2.45) is 5.41 Å². The monoisotopic (exact) mass is 228 g/mol. The predicted molar refractivity (Wildman–Crippen MR) is 64.4 cm³/mol. The third kappa shape index (κ3) is 6.59. The van der Waals surface area contributed by atoms with Crippen LogP contribution >= 0.6 is 0 Å². The molecule has 0 unspecified atom stereocenters. The number of aliphatic carboxylic acids is 1. The molecule has 0 saturated heterocycles. The van der Waals surface area contributed by atoms with Crippen molar-refractivity contribution in [3.8, 4) is 0 Å². The third-order valence-corrected chi connectivity index (χ3v) is 3.18. The zero-order valence-electron chi connectivity index (χ0n) is 10.7. The Balaban J connectivity index is 0.000000325. The van der Waals surface area contributed by atoms with E-state index in [1.807, 2.05) is 13.8 Å². The first-order valence-corrected chi connectivity index (χ1v) is 6.17. The number of Topliss-reactive ketones (excluding diaryl/α,β-unsaturated/α-hetero) is 1. The molecule has 0 aromatic heterocycles. The Morgan fingerprint density at radius 1 is 1.12 bits per heavy atom. The van der Waals surface area contributed by atoms with E-state index in [0.717, 1.165) is 12.8 Å². The number of carboxylic acid groups (broad SMARTS) is 1. The molecule has 16 heavy (non-hydrogen) atoms. The second-order valence-electron chi connectivity index (χ2n) is 4.83. The first-order chi connectivity index (χ1) is 7.43. The van der Waals surface area contributed by atoms with Gasteiger partial charge in [-0.3, -0.25) is 9.59 Å². The maximum atomic E-state index is 10.4. The molecule has 0 bridgehead atoms. The molecule has 1 saturated carbocycles. The minimum absolute atomic E-state index is 0.117. The van der Waals surface area contributed by atoms with E-state index in [0.29, 0.717) is 25.0 Å². The third-order valence-electron chi connectivity index (χ3n) is 3.18. The van der Waals surface area contributed by atoms with Crippen LogP contribution in [0.2, 0.25) is 0 Å². The largest absolute Gasteiger partial charge is 0.481 e. The molecule has 1 aliphatic rings. The van der Waals surface area contributed by atoms with Gasteiger partial charge in [-0.15, -0.1) is 0 Å². The maximum absolute atomic E-state index is 10.4. The lowest BCUT2D eigenvalue weighted by atomic mass is 9.85. The van der Waals surface area contributed by atoms with Crippen molar-refractivity contribution in [1.29, 1.82) is 0 Å². The molecular formula is C13H24O3. The summed E-state index contributed by atoms with van der Waals surface area (Å²) in [5, 5.41) is 8.54. The topological polar surface area (TPSA) is 54.4 Å². The molecule has 0 aromatic carbocycles. The number of hydrogen-bond donors (Lipinski definition) is 1. The van der Waals surface area contributed by atoms with Crippen LogP contribution in [0.1, 0.15) is 65.7 Å². The van der Waals surface area contributed by atoms with Gasteiger partial charge in [-0.25, -0.2) is 0 Å². The van der Waals surface area contributed by atoms with E-state index in [-0.39, 0.29) is 5.41 Å². The molecule has 3 heteroatoms. The number of hydrogen-bond acceptors (Lipinski definition) is 2. The van der Waals surface area contributed by atoms with E-state index >= 15 is 0 Å². The van der Waals surface area contributed by atoms with Crippen molar-refractivity contribution in [2.75, 3.05) is 0 Å². The van der Waals surface area contributed by atoms with Crippen LogP contribution in [-0.2, 0) is 9.59 Å². The van der Waals surface area contributed by atoms with Crippen LogP contribution in [0.25, 0.3) is 0 Å². The maximum Gasteiger partial charge on any atom is 0.303 e. The predicted octanol–water partition coefficient (Wildman–Crippen LogP) is 3.42. The van der Waals surface area contributed by atoms with Crippen LogP contribution in [-0.4, -0.2) is 16.9 Å². The molecule has 0 aliphatic heterocycles. The van der Waals surface area contributed by atoms with Gasteiger partial charge in [0.1, 0.15) is 5.78 Å². The summed E-state index contributed by atoms with van der Waals surface area (Å²) in [6, 6.07) is 0. The number of carboxylic acids is 1. The van der Waals surface area contributed by atoms with Gasteiger partial charge in [0.2, 0.25) is 0 Å². The fraction of sp³-hybridized carbons (Fsp3) is 0.846. The number of carbonyl (C=O) groups excluding carboxylic acids is 1. The van der Waals surface area contributed by atoms with Crippen molar-refractivity contribution < 1.29 is 14.7 Å². The van der Waals surface area contributed by atoms with Crippen LogP contribution < -0.4 is 0 Å². The molecule has 0 aromatic rings. The molecule has 1 rings (SSSR count). The molecule has 0 amide bonds. The smallest absolute Gasteiger partial charge is 0.303 e. The van der Waals surface area contributed by atoms with Gasteiger partial charge in [-0.05, 0) is 18.3 Å². The summed E-state index contributed by atoms with van der Waals surface area (Å²) in [5.41, 5.74) is 0.117. The van der Waals surface area contributed by atoms with E-state index in [2.05, 4.69) is 6.92 Å². The SMILES string of the molecule is CC1(CC(=O)O)CCCC1.CCC(=O)CC. The van der Waals surface area contributed by atoms with E-state index in [1.165, 1.54) is 12.8 Å². The van der Waals surface area contributed by atoms with Gasteiger partial charge in [-0.1, -0.05) is 33.6 Å². The van der Waals surface area contributed by atoms with Gasteiger partial charge in [0.05, 0.1) is 6.42 Å². The van der Waals surface area contributed by atoms with E-state index in [9.17, 15) is 9.59 Å². The summed E-state index contributed by atoms with van der Waals surface area (Å²) < 4.78 is 0. The molecule has 0 heterocycles. The lowest BCUT2D eigenvalue weighted by molar-refractivity contribution is -0.139. The Morgan fingerprint density at radius 3 is 1.81 bits per heavy atom. The Labute approximate surface area is 98.2 Å². The molecule has 94 valence electrons. The number of ketones is 1. The van der Waals surface area contributed by atoms with Crippen molar-refractivity contribution in [3.05, 3.63) is 0 Å².